The molecule has 158 valence electrons. The molecule has 0 spiro atoms. The molecule has 0 saturated heterocycles. The summed E-state index contributed by atoms with van der Waals surface area (Å²) in [5.74, 6) is -0.704. The topological polar surface area (TPSA) is 90.5 Å². The summed E-state index contributed by atoms with van der Waals surface area (Å²) in [6.07, 6.45) is 0. The van der Waals surface area contributed by atoms with Gasteiger partial charge in [-0.2, -0.15) is 5.10 Å². The standard InChI is InChI=1S/C22H19F2N5O2/c1-10-26-22(2,3)21(31)29(10)19-17(11-4-6-12(23)7-5-11)25-15-9-13(24)8-14-16(15)18(19)27-28-20(14)30/h4-9,17,19,25H,1-3H3,(H,28,30). The Labute approximate surface area is 175 Å². The number of halogens is 2. The number of nitrogens with zero attached hydrogens (tertiary/aromatic N) is 3. The number of benzene rings is 2. The smallest absolute Gasteiger partial charge is 0.272 e. The third-order valence-corrected chi connectivity index (χ3v) is 5.83. The van der Waals surface area contributed by atoms with Gasteiger partial charge < -0.3 is 5.32 Å². The molecule has 31 heavy (non-hydrogen) atoms. The Morgan fingerprint density at radius 2 is 1.77 bits per heavy atom. The van der Waals surface area contributed by atoms with E-state index in [1.54, 1.807) is 37.8 Å². The van der Waals surface area contributed by atoms with Crippen LogP contribution in [0.2, 0.25) is 0 Å². The second-order valence-corrected chi connectivity index (χ2v) is 8.33. The van der Waals surface area contributed by atoms with Crippen LogP contribution in [-0.2, 0) is 4.79 Å². The average molecular weight is 423 g/mol. The first kappa shape index (κ1) is 19.3. The van der Waals surface area contributed by atoms with Crippen molar-refractivity contribution >= 4 is 28.2 Å². The van der Waals surface area contributed by atoms with Crippen molar-refractivity contribution in [3.63, 3.8) is 0 Å². The predicted octanol–water partition coefficient (Wildman–Crippen LogP) is 3.45. The van der Waals surface area contributed by atoms with Crippen molar-refractivity contribution in [1.82, 2.24) is 15.1 Å². The molecule has 2 aliphatic rings. The minimum atomic E-state index is -0.957. The minimum Gasteiger partial charge on any atom is -0.375 e. The molecule has 2 aliphatic heterocycles. The van der Waals surface area contributed by atoms with Gasteiger partial charge in [-0.05, 0) is 50.6 Å². The summed E-state index contributed by atoms with van der Waals surface area (Å²) >= 11 is 0. The van der Waals surface area contributed by atoms with Gasteiger partial charge in [0.15, 0.2) is 0 Å². The highest BCUT2D eigenvalue weighted by Gasteiger charge is 2.48. The Balaban J connectivity index is 1.79. The minimum absolute atomic E-state index is 0.135. The number of carbonyl (C=O) groups excluding carboxylic acids is 1. The molecule has 3 heterocycles. The Morgan fingerprint density at radius 3 is 2.42 bits per heavy atom. The summed E-state index contributed by atoms with van der Waals surface area (Å²) in [5.41, 5.74) is -0.0126. The maximum atomic E-state index is 14.3. The molecule has 5 rings (SSSR count). The second kappa shape index (κ2) is 6.44. The molecule has 0 bridgehead atoms. The molecule has 0 aliphatic carbocycles. The molecule has 2 N–H and O–H groups in total. The number of aromatic nitrogens is 2. The first-order chi connectivity index (χ1) is 14.7. The molecule has 0 radical (unpaired) electrons. The van der Waals surface area contributed by atoms with Crippen LogP contribution in [-0.4, -0.2) is 32.4 Å². The number of hydrogen-bond donors (Lipinski definition) is 2. The van der Waals surface area contributed by atoms with Gasteiger partial charge in [-0.3, -0.25) is 19.5 Å². The van der Waals surface area contributed by atoms with Gasteiger partial charge in [-0.1, -0.05) is 12.1 Å². The number of aliphatic imine (C=N–C) groups is 1. The normalized spacial score (nSPS) is 21.9. The lowest BCUT2D eigenvalue weighted by Gasteiger charge is -2.39. The van der Waals surface area contributed by atoms with Crippen molar-refractivity contribution in [2.24, 2.45) is 4.99 Å². The molecule has 1 aromatic heterocycles. The summed E-state index contributed by atoms with van der Waals surface area (Å²) < 4.78 is 27.9. The Morgan fingerprint density at radius 1 is 1.06 bits per heavy atom. The first-order valence-electron chi connectivity index (χ1n) is 9.81. The quantitative estimate of drug-likeness (QED) is 0.661. The second-order valence-electron chi connectivity index (χ2n) is 8.33. The van der Waals surface area contributed by atoms with Crippen LogP contribution in [0.3, 0.4) is 0 Å². The zero-order valence-electron chi connectivity index (χ0n) is 17.0. The van der Waals surface area contributed by atoms with Gasteiger partial charge in [-0.25, -0.2) is 13.9 Å². The number of rotatable bonds is 2. The molecule has 0 saturated carbocycles. The van der Waals surface area contributed by atoms with Crippen LogP contribution in [0.4, 0.5) is 14.5 Å². The van der Waals surface area contributed by atoms with Crippen molar-refractivity contribution in [1.29, 1.82) is 0 Å². The monoisotopic (exact) mass is 423 g/mol. The SMILES string of the molecule is CC1=NC(C)(C)C(=O)N1C1c2n[nH]c(=O)c3cc(F)cc(c23)NC1c1ccc(F)cc1. The summed E-state index contributed by atoms with van der Waals surface area (Å²) in [6, 6.07) is 7.01. The van der Waals surface area contributed by atoms with E-state index in [9.17, 15) is 18.4 Å². The maximum absolute atomic E-state index is 14.3. The Hall–Kier alpha value is -3.62. The third-order valence-electron chi connectivity index (χ3n) is 5.83. The fourth-order valence-electron chi connectivity index (χ4n) is 4.50. The lowest BCUT2D eigenvalue weighted by molar-refractivity contribution is -0.132. The van der Waals surface area contributed by atoms with Crippen LogP contribution in [0.15, 0.2) is 46.2 Å². The van der Waals surface area contributed by atoms with Crippen molar-refractivity contribution < 1.29 is 13.6 Å². The number of amides is 1. The van der Waals surface area contributed by atoms with Gasteiger partial charge in [0, 0.05) is 11.1 Å². The molecular formula is C22H19F2N5O2. The zero-order valence-corrected chi connectivity index (χ0v) is 17.0. The van der Waals surface area contributed by atoms with E-state index in [0.717, 1.165) is 6.07 Å². The number of amidine groups is 1. The van der Waals surface area contributed by atoms with E-state index in [0.29, 0.717) is 28.2 Å². The lowest BCUT2D eigenvalue weighted by Crippen LogP contribution is -2.46. The van der Waals surface area contributed by atoms with E-state index in [4.69, 9.17) is 0 Å². The molecular weight excluding hydrogens is 404 g/mol. The van der Waals surface area contributed by atoms with Gasteiger partial charge in [0.05, 0.1) is 17.1 Å². The fourth-order valence-corrected chi connectivity index (χ4v) is 4.50. The third kappa shape index (κ3) is 2.83. The van der Waals surface area contributed by atoms with Crippen LogP contribution in [0, 0.1) is 11.6 Å². The van der Waals surface area contributed by atoms with Crippen LogP contribution < -0.4 is 10.9 Å². The Bertz CT molecular complexity index is 1330. The van der Waals surface area contributed by atoms with E-state index >= 15 is 0 Å². The maximum Gasteiger partial charge on any atom is 0.272 e. The van der Waals surface area contributed by atoms with Gasteiger partial charge >= 0.3 is 0 Å². The molecule has 3 aromatic rings. The number of nitrogens with one attached hydrogen (secondary N) is 2. The van der Waals surface area contributed by atoms with Crippen LogP contribution in [0.1, 0.15) is 44.1 Å². The number of carbonyl (C=O) groups is 1. The molecule has 9 heteroatoms. The van der Waals surface area contributed by atoms with E-state index in [-0.39, 0.29) is 11.3 Å². The average Bonchev–Trinajstić information content (AvgIpc) is 2.91. The van der Waals surface area contributed by atoms with Crippen molar-refractivity contribution in [2.75, 3.05) is 5.32 Å². The van der Waals surface area contributed by atoms with Gasteiger partial charge in [0.25, 0.3) is 11.5 Å². The van der Waals surface area contributed by atoms with Gasteiger partial charge in [0.1, 0.15) is 29.1 Å². The molecule has 2 atom stereocenters. The van der Waals surface area contributed by atoms with Crippen LogP contribution >= 0.6 is 0 Å². The number of H-pyrrole nitrogens is 1. The highest BCUT2D eigenvalue weighted by molar-refractivity contribution is 6.08. The summed E-state index contributed by atoms with van der Waals surface area (Å²) in [5, 5.41) is 10.5. The largest absolute Gasteiger partial charge is 0.375 e. The van der Waals surface area contributed by atoms with Gasteiger partial charge in [-0.15, -0.1) is 0 Å². The lowest BCUT2D eigenvalue weighted by atomic mass is 9.87. The highest BCUT2D eigenvalue weighted by Crippen LogP contribution is 2.47. The van der Waals surface area contributed by atoms with E-state index < -0.39 is 34.8 Å². The molecule has 1 amide bonds. The van der Waals surface area contributed by atoms with E-state index in [1.807, 2.05) is 0 Å². The van der Waals surface area contributed by atoms with Gasteiger partial charge in [0.2, 0.25) is 0 Å². The first-order valence-corrected chi connectivity index (χ1v) is 9.81. The molecule has 2 aromatic carbocycles. The highest BCUT2D eigenvalue weighted by atomic mass is 19.1. The summed E-state index contributed by atoms with van der Waals surface area (Å²) in [7, 11) is 0. The van der Waals surface area contributed by atoms with Crippen molar-refractivity contribution in [3.05, 3.63) is 69.6 Å². The van der Waals surface area contributed by atoms with Crippen LogP contribution in [0.25, 0.3) is 10.8 Å². The van der Waals surface area contributed by atoms with Crippen LogP contribution in [0.5, 0.6) is 0 Å². The number of aromatic amines is 1. The fraction of sp³-hybridized carbons (Fsp3) is 0.273. The molecule has 2 unspecified atom stereocenters. The molecule has 0 fully saturated rings. The Kier molecular flexibility index (Phi) is 4.02. The number of hydrogen-bond acceptors (Lipinski definition) is 5. The summed E-state index contributed by atoms with van der Waals surface area (Å²) in [6.45, 7) is 5.18. The van der Waals surface area contributed by atoms with Crippen molar-refractivity contribution in [3.8, 4) is 0 Å². The predicted molar refractivity (Wildman–Crippen MR) is 112 cm³/mol. The van der Waals surface area contributed by atoms with E-state index in [1.165, 1.54) is 18.2 Å². The van der Waals surface area contributed by atoms with Crippen molar-refractivity contribution in [2.45, 2.75) is 38.4 Å². The molecule has 7 nitrogen and oxygen atoms in total. The van der Waals surface area contributed by atoms with E-state index in [2.05, 4.69) is 20.5 Å². The summed E-state index contributed by atoms with van der Waals surface area (Å²) in [4.78, 5) is 31.7. The zero-order chi connectivity index (χ0) is 22.1. The number of anilines is 1.